The zero-order chi connectivity index (χ0) is 15.3. The molecule has 0 aromatic carbocycles. The van der Waals surface area contributed by atoms with Gasteiger partial charge < -0.3 is 16.2 Å². The molecule has 1 unspecified atom stereocenters. The van der Waals surface area contributed by atoms with Gasteiger partial charge in [-0.25, -0.2) is 18.2 Å². The summed E-state index contributed by atoms with van der Waals surface area (Å²) in [5, 5.41) is 11.2. The van der Waals surface area contributed by atoms with Crippen LogP contribution in [0, 0.1) is 0 Å². The van der Waals surface area contributed by atoms with Crippen LogP contribution in [0.25, 0.3) is 0 Å². The third-order valence-corrected chi connectivity index (χ3v) is 3.38. The molecule has 0 saturated carbocycles. The van der Waals surface area contributed by atoms with Crippen molar-refractivity contribution in [3.05, 3.63) is 24.0 Å². The van der Waals surface area contributed by atoms with E-state index < -0.39 is 27.8 Å². The third-order valence-electron chi connectivity index (χ3n) is 2.40. The Bertz CT molecular complexity index is 597. The maximum absolute atomic E-state index is 11.8. The zero-order valence-corrected chi connectivity index (χ0v) is 11.6. The number of aromatic nitrogens is 1. The fraction of sp³-hybridized carbons (Fsp3) is 0.364. The average molecular weight is 301 g/mol. The number of aliphatic carboxylic acids is 1. The molecule has 0 bridgehead atoms. The van der Waals surface area contributed by atoms with Gasteiger partial charge in [0, 0.05) is 6.26 Å². The van der Waals surface area contributed by atoms with Gasteiger partial charge >= 0.3 is 5.97 Å². The molecule has 9 heteroatoms. The second kappa shape index (κ2) is 6.33. The van der Waals surface area contributed by atoms with Gasteiger partial charge in [0.2, 0.25) is 0 Å². The normalized spacial score (nSPS) is 12.7. The SMILES string of the molecule is CS(=O)(=O)CCC(NC(=O)c1ccc(N)cn1)C(=O)O. The lowest BCUT2D eigenvalue weighted by Gasteiger charge is -2.13. The van der Waals surface area contributed by atoms with E-state index in [1.165, 1.54) is 18.3 Å². The summed E-state index contributed by atoms with van der Waals surface area (Å²) in [5.74, 6) is -2.34. The molecule has 0 spiro atoms. The Kier molecular flexibility index (Phi) is 5.03. The number of nitrogens with zero attached hydrogens (tertiary/aromatic N) is 1. The van der Waals surface area contributed by atoms with E-state index in [4.69, 9.17) is 10.8 Å². The molecule has 1 amide bonds. The summed E-state index contributed by atoms with van der Waals surface area (Å²) in [4.78, 5) is 26.5. The fourth-order valence-corrected chi connectivity index (χ4v) is 2.02. The molecule has 0 aliphatic rings. The Labute approximate surface area is 115 Å². The van der Waals surface area contributed by atoms with Crippen LogP contribution < -0.4 is 11.1 Å². The third kappa shape index (κ3) is 5.22. The number of amides is 1. The van der Waals surface area contributed by atoms with Crippen molar-refractivity contribution in [1.82, 2.24) is 10.3 Å². The number of carboxylic acid groups (broad SMARTS) is 1. The summed E-state index contributed by atoms with van der Waals surface area (Å²) in [6, 6.07) is 1.51. The number of carboxylic acids is 1. The van der Waals surface area contributed by atoms with Crippen LogP contribution in [0.15, 0.2) is 18.3 Å². The van der Waals surface area contributed by atoms with Crippen LogP contribution >= 0.6 is 0 Å². The number of hydrogen-bond acceptors (Lipinski definition) is 6. The fourth-order valence-electron chi connectivity index (χ4n) is 1.36. The van der Waals surface area contributed by atoms with Gasteiger partial charge in [-0.3, -0.25) is 4.79 Å². The highest BCUT2D eigenvalue weighted by molar-refractivity contribution is 7.90. The number of hydrogen-bond donors (Lipinski definition) is 3. The van der Waals surface area contributed by atoms with Crippen LogP contribution in [0.5, 0.6) is 0 Å². The van der Waals surface area contributed by atoms with Crippen LogP contribution in [-0.4, -0.2) is 48.4 Å². The molecule has 0 aliphatic heterocycles. The van der Waals surface area contributed by atoms with Gasteiger partial charge in [-0.05, 0) is 18.6 Å². The molecule has 1 atom stereocenters. The number of rotatable bonds is 6. The molecule has 0 saturated heterocycles. The summed E-state index contributed by atoms with van der Waals surface area (Å²) >= 11 is 0. The first-order valence-corrected chi connectivity index (χ1v) is 7.68. The topological polar surface area (TPSA) is 139 Å². The largest absolute Gasteiger partial charge is 0.480 e. The quantitative estimate of drug-likeness (QED) is 0.630. The van der Waals surface area contributed by atoms with E-state index in [1.54, 1.807) is 0 Å². The van der Waals surface area contributed by atoms with Crippen molar-refractivity contribution in [3.63, 3.8) is 0 Å². The number of pyridine rings is 1. The molecule has 1 heterocycles. The molecular weight excluding hydrogens is 286 g/mol. The molecular formula is C11H15N3O5S. The number of carbonyl (C=O) groups is 2. The lowest BCUT2D eigenvalue weighted by molar-refractivity contribution is -0.139. The number of anilines is 1. The van der Waals surface area contributed by atoms with Crippen LogP contribution in [0.1, 0.15) is 16.9 Å². The highest BCUT2D eigenvalue weighted by Gasteiger charge is 2.22. The number of carbonyl (C=O) groups excluding carboxylic acids is 1. The summed E-state index contributed by atoms with van der Waals surface area (Å²) < 4.78 is 22.0. The van der Waals surface area contributed by atoms with Gasteiger partial charge in [0.05, 0.1) is 17.6 Å². The van der Waals surface area contributed by atoms with E-state index in [1.807, 2.05) is 0 Å². The molecule has 1 rings (SSSR count). The summed E-state index contributed by atoms with van der Waals surface area (Å²) in [5.41, 5.74) is 5.79. The molecule has 0 radical (unpaired) electrons. The van der Waals surface area contributed by atoms with Gasteiger partial charge in [0.25, 0.3) is 5.91 Å². The summed E-state index contributed by atoms with van der Waals surface area (Å²) in [6.07, 6.45) is 2.05. The number of nitrogens with one attached hydrogen (secondary N) is 1. The Morgan fingerprint density at radius 1 is 1.45 bits per heavy atom. The van der Waals surface area contributed by atoms with Crippen molar-refractivity contribution in [2.45, 2.75) is 12.5 Å². The van der Waals surface area contributed by atoms with Gasteiger partial charge in [-0.2, -0.15) is 0 Å². The van der Waals surface area contributed by atoms with Crippen molar-refractivity contribution in [1.29, 1.82) is 0 Å². The standard InChI is InChI=1S/C11H15N3O5S/c1-20(18,19)5-4-9(11(16)17)14-10(15)8-3-2-7(12)6-13-8/h2-3,6,9H,4-5,12H2,1H3,(H,14,15)(H,16,17). The predicted molar refractivity (Wildman–Crippen MR) is 71.9 cm³/mol. The Balaban J connectivity index is 2.73. The van der Waals surface area contributed by atoms with Crippen LogP contribution in [0.2, 0.25) is 0 Å². The van der Waals surface area contributed by atoms with Crippen molar-refractivity contribution >= 4 is 27.4 Å². The first-order valence-electron chi connectivity index (χ1n) is 5.62. The molecule has 1 aromatic heterocycles. The second-order valence-corrected chi connectivity index (χ2v) is 6.52. The van der Waals surface area contributed by atoms with Gasteiger partial charge in [0.1, 0.15) is 21.6 Å². The molecule has 20 heavy (non-hydrogen) atoms. The number of sulfone groups is 1. The smallest absolute Gasteiger partial charge is 0.326 e. The van der Waals surface area contributed by atoms with Crippen LogP contribution in [0.3, 0.4) is 0 Å². The average Bonchev–Trinajstić information content (AvgIpc) is 2.33. The van der Waals surface area contributed by atoms with Crippen molar-refractivity contribution < 1.29 is 23.1 Å². The van der Waals surface area contributed by atoms with E-state index in [-0.39, 0.29) is 17.9 Å². The predicted octanol–water partition coefficient (Wildman–Crippen LogP) is -0.718. The van der Waals surface area contributed by atoms with Crippen molar-refractivity contribution in [2.75, 3.05) is 17.7 Å². The summed E-state index contributed by atoms with van der Waals surface area (Å²) in [6.45, 7) is 0. The first kappa shape index (κ1) is 15.9. The van der Waals surface area contributed by atoms with Gasteiger partial charge in [0.15, 0.2) is 0 Å². The maximum atomic E-state index is 11.8. The summed E-state index contributed by atoms with van der Waals surface area (Å²) in [7, 11) is -3.31. The second-order valence-electron chi connectivity index (χ2n) is 4.26. The molecule has 4 N–H and O–H groups in total. The van der Waals surface area contributed by atoms with Crippen molar-refractivity contribution in [2.24, 2.45) is 0 Å². The van der Waals surface area contributed by atoms with E-state index >= 15 is 0 Å². The van der Waals surface area contributed by atoms with E-state index in [2.05, 4.69) is 10.3 Å². The first-order chi connectivity index (χ1) is 9.19. The lowest BCUT2D eigenvalue weighted by atomic mass is 10.2. The Hall–Kier alpha value is -2.16. The minimum atomic E-state index is -3.31. The Morgan fingerprint density at radius 3 is 2.55 bits per heavy atom. The highest BCUT2D eigenvalue weighted by Crippen LogP contribution is 2.03. The maximum Gasteiger partial charge on any atom is 0.326 e. The molecule has 0 fully saturated rings. The molecule has 8 nitrogen and oxygen atoms in total. The zero-order valence-electron chi connectivity index (χ0n) is 10.7. The van der Waals surface area contributed by atoms with E-state index in [9.17, 15) is 18.0 Å². The van der Waals surface area contributed by atoms with Crippen molar-refractivity contribution in [3.8, 4) is 0 Å². The molecule has 1 aromatic rings. The monoisotopic (exact) mass is 301 g/mol. The van der Waals surface area contributed by atoms with Crippen LogP contribution in [0.4, 0.5) is 5.69 Å². The number of nitrogens with two attached hydrogens (primary N) is 1. The minimum Gasteiger partial charge on any atom is -0.480 e. The van der Waals surface area contributed by atoms with E-state index in [0.717, 1.165) is 6.26 Å². The molecule has 0 aliphatic carbocycles. The van der Waals surface area contributed by atoms with Gasteiger partial charge in [-0.15, -0.1) is 0 Å². The van der Waals surface area contributed by atoms with Gasteiger partial charge in [-0.1, -0.05) is 0 Å². The molecule has 110 valence electrons. The van der Waals surface area contributed by atoms with Crippen LogP contribution in [-0.2, 0) is 14.6 Å². The number of nitrogen functional groups attached to an aromatic ring is 1. The Morgan fingerprint density at radius 2 is 2.10 bits per heavy atom. The lowest BCUT2D eigenvalue weighted by Crippen LogP contribution is -2.42. The minimum absolute atomic E-state index is 0.00445. The highest BCUT2D eigenvalue weighted by atomic mass is 32.2. The van der Waals surface area contributed by atoms with E-state index in [0.29, 0.717) is 5.69 Å².